The Balaban J connectivity index is 2.14. The minimum atomic E-state index is 0.154. The number of hydrogen-bond donors (Lipinski definition) is 0. The molecular formula is C10H17NOS. The van der Waals surface area contributed by atoms with Crippen molar-refractivity contribution in [2.75, 3.05) is 12.3 Å². The molecular weight excluding hydrogens is 182 g/mol. The summed E-state index contributed by atoms with van der Waals surface area (Å²) in [5, 5.41) is 0. The number of hydrogen-bond acceptors (Lipinski definition) is 2. The molecule has 2 saturated heterocycles. The van der Waals surface area contributed by atoms with Crippen molar-refractivity contribution in [3.63, 3.8) is 0 Å². The Bertz CT molecular complexity index is 227. The lowest BCUT2D eigenvalue weighted by Gasteiger charge is -2.21. The van der Waals surface area contributed by atoms with Crippen molar-refractivity contribution < 1.29 is 4.79 Å². The van der Waals surface area contributed by atoms with Crippen molar-refractivity contribution in [1.82, 2.24) is 4.90 Å². The number of carbonyl (C=O) groups excluding carboxylic acids is 1. The van der Waals surface area contributed by atoms with Crippen LogP contribution in [0.5, 0.6) is 0 Å². The van der Waals surface area contributed by atoms with E-state index in [1.165, 1.54) is 12.8 Å². The maximum Gasteiger partial charge on any atom is 0.224 e. The number of carbonyl (C=O) groups is 1. The summed E-state index contributed by atoms with van der Waals surface area (Å²) in [5.74, 6) is 1.51. The zero-order chi connectivity index (χ0) is 9.47. The predicted molar refractivity (Wildman–Crippen MR) is 55.9 cm³/mol. The van der Waals surface area contributed by atoms with Gasteiger partial charge >= 0.3 is 0 Å². The van der Waals surface area contributed by atoms with E-state index in [-0.39, 0.29) is 4.75 Å². The molecule has 2 heterocycles. The molecule has 0 radical (unpaired) electrons. The second kappa shape index (κ2) is 3.19. The first kappa shape index (κ1) is 9.38. The molecule has 2 nitrogen and oxygen atoms in total. The molecule has 2 fully saturated rings. The highest BCUT2D eigenvalue weighted by Gasteiger charge is 2.36. The third-order valence-electron chi connectivity index (χ3n) is 2.94. The summed E-state index contributed by atoms with van der Waals surface area (Å²) in [6.45, 7) is 5.36. The smallest absolute Gasteiger partial charge is 0.224 e. The van der Waals surface area contributed by atoms with Crippen LogP contribution in [0.4, 0.5) is 0 Å². The van der Waals surface area contributed by atoms with Crippen molar-refractivity contribution >= 4 is 17.7 Å². The quantitative estimate of drug-likeness (QED) is 0.594. The summed E-state index contributed by atoms with van der Waals surface area (Å²) in [6.07, 6.45) is 3.14. The summed E-state index contributed by atoms with van der Waals surface area (Å²) in [7, 11) is 0. The summed E-state index contributed by atoms with van der Waals surface area (Å²) in [6, 6.07) is 0.541. The van der Waals surface area contributed by atoms with Crippen LogP contribution in [0, 0.1) is 0 Å². The van der Waals surface area contributed by atoms with Crippen molar-refractivity contribution in [2.24, 2.45) is 0 Å². The van der Waals surface area contributed by atoms with Crippen molar-refractivity contribution in [2.45, 2.75) is 43.9 Å². The Hall–Kier alpha value is -0.180. The third-order valence-corrected chi connectivity index (χ3v) is 4.42. The first-order valence-corrected chi connectivity index (χ1v) is 6.00. The van der Waals surface area contributed by atoms with E-state index in [0.29, 0.717) is 18.4 Å². The lowest BCUT2D eigenvalue weighted by Crippen LogP contribution is -2.35. The lowest BCUT2D eigenvalue weighted by molar-refractivity contribution is -0.131. The van der Waals surface area contributed by atoms with Gasteiger partial charge in [0.1, 0.15) is 0 Å². The van der Waals surface area contributed by atoms with Crippen LogP contribution in [-0.2, 0) is 4.79 Å². The van der Waals surface area contributed by atoms with E-state index in [1.54, 1.807) is 0 Å². The highest BCUT2D eigenvalue weighted by molar-refractivity contribution is 8.00. The van der Waals surface area contributed by atoms with Gasteiger partial charge in [-0.15, -0.1) is 0 Å². The van der Waals surface area contributed by atoms with Gasteiger partial charge in [-0.05, 0) is 12.8 Å². The molecule has 13 heavy (non-hydrogen) atoms. The molecule has 0 spiro atoms. The molecule has 74 valence electrons. The lowest BCUT2D eigenvalue weighted by atomic mass is 10.1. The monoisotopic (exact) mass is 199 g/mol. The zero-order valence-corrected chi connectivity index (χ0v) is 9.19. The molecule has 2 aliphatic rings. The third kappa shape index (κ3) is 1.85. The SMILES string of the molecule is CC1(C)CC(=O)N2CCCC2CS1. The van der Waals surface area contributed by atoms with Gasteiger partial charge in [-0.3, -0.25) is 4.79 Å². The minimum absolute atomic E-state index is 0.154. The van der Waals surface area contributed by atoms with Crippen LogP contribution >= 0.6 is 11.8 Å². The Labute approximate surface area is 84.1 Å². The summed E-state index contributed by atoms with van der Waals surface area (Å²) >= 11 is 1.96. The van der Waals surface area contributed by atoms with Gasteiger partial charge in [0.15, 0.2) is 0 Å². The number of nitrogens with zero attached hydrogens (tertiary/aromatic N) is 1. The van der Waals surface area contributed by atoms with E-state index in [9.17, 15) is 4.79 Å². The van der Waals surface area contributed by atoms with Crippen LogP contribution in [0.1, 0.15) is 33.1 Å². The fourth-order valence-electron chi connectivity index (χ4n) is 2.18. The molecule has 0 aliphatic carbocycles. The Morgan fingerprint density at radius 2 is 2.31 bits per heavy atom. The maximum absolute atomic E-state index is 11.8. The fraction of sp³-hybridized carbons (Fsp3) is 0.900. The van der Waals surface area contributed by atoms with Crippen LogP contribution in [-0.4, -0.2) is 33.9 Å². The van der Waals surface area contributed by atoms with E-state index in [0.717, 1.165) is 12.3 Å². The van der Waals surface area contributed by atoms with Gasteiger partial charge in [0.25, 0.3) is 0 Å². The second-order valence-corrected chi connectivity index (χ2v) is 6.36. The molecule has 1 unspecified atom stereocenters. The van der Waals surface area contributed by atoms with Crippen molar-refractivity contribution in [3.05, 3.63) is 0 Å². The summed E-state index contributed by atoms with van der Waals surface area (Å²) < 4.78 is 0.154. The van der Waals surface area contributed by atoms with E-state index in [4.69, 9.17) is 0 Å². The van der Waals surface area contributed by atoms with Gasteiger partial charge in [0, 0.05) is 29.5 Å². The largest absolute Gasteiger partial charge is 0.339 e. The van der Waals surface area contributed by atoms with Gasteiger partial charge in [0.2, 0.25) is 5.91 Å². The van der Waals surface area contributed by atoms with Gasteiger partial charge in [-0.25, -0.2) is 0 Å². The van der Waals surface area contributed by atoms with Gasteiger partial charge in [-0.1, -0.05) is 13.8 Å². The van der Waals surface area contributed by atoms with Crippen LogP contribution in [0.25, 0.3) is 0 Å². The molecule has 3 heteroatoms. The predicted octanol–water partition coefficient (Wildman–Crippen LogP) is 1.89. The zero-order valence-electron chi connectivity index (χ0n) is 8.38. The number of thioether (sulfide) groups is 1. The first-order chi connectivity index (χ1) is 6.08. The average molecular weight is 199 g/mol. The molecule has 1 amide bonds. The van der Waals surface area contributed by atoms with E-state index in [1.807, 2.05) is 11.8 Å². The highest BCUT2D eigenvalue weighted by Crippen LogP contribution is 2.36. The highest BCUT2D eigenvalue weighted by atomic mass is 32.2. The number of fused-ring (bicyclic) bond motifs is 1. The first-order valence-electron chi connectivity index (χ1n) is 5.02. The standard InChI is InChI=1S/C10H17NOS/c1-10(2)6-9(12)11-5-3-4-8(11)7-13-10/h8H,3-7H2,1-2H3. The molecule has 0 N–H and O–H groups in total. The molecule has 0 aromatic heterocycles. The Morgan fingerprint density at radius 1 is 1.54 bits per heavy atom. The molecule has 2 rings (SSSR count). The van der Waals surface area contributed by atoms with E-state index >= 15 is 0 Å². The van der Waals surface area contributed by atoms with E-state index < -0.39 is 0 Å². The normalized spacial score (nSPS) is 32.9. The van der Waals surface area contributed by atoms with Crippen LogP contribution in [0.15, 0.2) is 0 Å². The van der Waals surface area contributed by atoms with Gasteiger partial charge in [0.05, 0.1) is 0 Å². The summed E-state index contributed by atoms with van der Waals surface area (Å²) in [4.78, 5) is 13.9. The van der Waals surface area contributed by atoms with Crippen LogP contribution in [0.3, 0.4) is 0 Å². The topological polar surface area (TPSA) is 20.3 Å². The second-order valence-electron chi connectivity index (χ2n) is 4.63. The number of rotatable bonds is 0. The number of amides is 1. The molecule has 1 atom stereocenters. The fourth-order valence-corrected chi connectivity index (χ4v) is 3.39. The van der Waals surface area contributed by atoms with Gasteiger partial charge < -0.3 is 4.90 Å². The molecule has 0 saturated carbocycles. The summed E-state index contributed by atoms with van der Waals surface area (Å²) in [5.41, 5.74) is 0. The maximum atomic E-state index is 11.8. The minimum Gasteiger partial charge on any atom is -0.339 e. The molecule has 0 aromatic carbocycles. The molecule has 2 aliphatic heterocycles. The average Bonchev–Trinajstić information content (AvgIpc) is 2.43. The van der Waals surface area contributed by atoms with E-state index in [2.05, 4.69) is 18.7 Å². The van der Waals surface area contributed by atoms with Crippen molar-refractivity contribution in [1.29, 1.82) is 0 Å². The molecule has 0 bridgehead atoms. The van der Waals surface area contributed by atoms with Crippen LogP contribution < -0.4 is 0 Å². The molecule has 0 aromatic rings. The van der Waals surface area contributed by atoms with Crippen molar-refractivity contribution in [3.8, 4) is 0 Å². The van der Waals surface area contributed by atoms with Crippen LogP contribution in [0.2, 0.25) is 0 Å². The van der Waals surface area contributed by atoms with Gasteiger partial charge in [-0.2, -0.15) is 11.8 Å². The Kier molecular flexibility index (Phi) is 2.30. The Morgan fingerprint density at radius 3 is 3.08 bits per heavy atom.